The lowest BCUT2D eigenvalue weighted by Gasteiger charge is -2.34. The van der Waals surface area contributed by atoms with Crippen molar-refractivity contribution in [2.75, 3.05) is 52.5 Å². The second-order valence-corrected chi connectivity index (χ2v) is 5.41. The Morgan fingerprint density at radius 1 is 1.06 bits per heavy atom. The minimum absolute atomic E-state index is 0.849. The Morgan fingerprint density at radius 3 is 2.35 bits per heavy atom. The summed E-state index contributed by atoms with van der Waals surface area (Å²) in [5.74, 6) is 0.849. The summed E-state index contributed by atoms with van der Waals surface area (Å²) in [5, 5.41) is 0. The molecule has 0 aromatic heterocycles. The van der Waals surface area contributed by atoms with Crippen molar-refractivity contribution in [3.05, 3.63) is 6.92 Å². The van der Waals surface area contributed by atoms with Crippen LogP contribution in [0.25, 0.3) is 0 Å². The molecule has 0 N–H and O–H groups in total. The molecule has 0 spiro atoms. The third-order valence-corrected chi connectivity index (χ3v) is 4.05. The van der Waals surface area contributed by atoms with Crippen LogP contribution in [0.1, 0.15) is 25.7 Å². The van der Waals surface area contributed by atoms with Gasteiger partial charge in [0.1, 0.15) is 0 Å². The summed E-state index contributed by atoms with van der Waals surface area (Å²) in [4.78, 5) is 5.16. The molecule has 0 aromatic rings. The van der Waals surface area contributed by atoms with Crippen molar-refractivity contribution >= 4 is 0 Å². The van der Waals surface area contributed by atoms with Crippen LogP contribution in [0.4, 0.5) is 0 Å². The Hall–Kier alpha value is -0.120. The second kappa shape index (κ2) is 7.34. The number of piperazine rings is 1. The first-order chi connectivity index (χ1) is 8.38. The predicted molar refractivity (Wildman–Crippen MR) is 71.0 cm³/mol. The van der Waals surface area contributed by atoms with Crippen LogP contribution in [0.2, 0.25) is 0 Å². The van der Waals surface area contributed by atoms with E-state index in [2.05, 4.69) is 16.7 Å². The van der Waals surface area contributed by atoms with E-state index in [0.717, 1.165) is 25.6 Å². The maximum Gasteiger partial charge on any atom is 0.0495 e. The Kier molecular flexibility index (Phi) is 5.75. The van der Waals surface area contributed by atoms with Crippen molar-refractivity contribution in [3.8, 4) is 0 Å². The fraction of sp³-hybridized carbons (Fsp3) is 0.929. The summed E-state index contributed by atoms with van der Waals surface area (Å²) in [6.45, 7) is 13.4. The molecule has 2 fully saturated rings. The van der Waals surface area contributed by atoms with Gasteiger partial charge in [0.15, 0.2) is 0 Å². The number of hydrogen-bond donors (Lipinski definition) is 0. The van der Waals surface area contributed by atoms with Crippen molar-refractivity contribution in [3.63, 3.8) is 0 Å². The summed E-state index contributed by atoms with van der Waals surface area (Å²) in [6.07, 6.45) is 5.04. The van der Waals surface area contributed by atoms with Gasteiger partial charge in [-0.05, 0) is 44.7 Å². The lowest BCUT2D eigenvalue weighted by molar-refractivity contribution is 0.130. The molecular formula is C14H27N2O. The summed E-state index contributed by atoms with van der Waals surface area (Å²) in [6, 6.07) is 0. The second-order valence-electron chi connectivity index (χ2n) is 5.41. The monoisotopic (exact) mass is 239 g/mol. The van der Waals surface area contributed by atoms with Crippen LogP contribution in [-0.4, -0.2) is 62.3 Å². The van der Waals surface area contributed by atoms with Gasteiger partial charge in [-0.2, -0.15) is 0 Å². The summed E-state index contributed by atoms with van der Waals surface area (Å²) in [7, 11) is 0. The molecule has 2 aliphatic heterocycles. The van der Waals surface area contributed by atoms with Gasteiger partial charge in [0.2, 0.25) is 0 Å². The highest BCUT2D eigenvalue weighted by Gasteiger charge is 2.18. The highest BCUT2D eigenvalue weighted by Crippen LogP contribution is 2.18. The molecule has 0 amide bonds. The molecule has 0 saturated carbocycles. The van der Waals surface area contributed by atoms with Crippen LogP contribution < -0.4 is 0 Å². The molecule has 0 aromatic carbocycles. The maximum absolute atomic E-state index is 5.41. The standard InChI is InChI=1S/C14H27N2O/c1-2-6-15-8-10-16(11-9-15)7-3-4-14-5-12-17-13-14/h14H,1-13H2. The SMILES string of the molecule is [CH2]CCN1CCN(CCCC2CCOC2)CC1. The van der Waals surface area contributed by atoms with Crippen LogP contribution in [0.5, 0.6) is 0 Å². The molecular weight excluding hydrogens is 212 g/mol. The summed E-state index contributed by atoms with van der Waals surface area (Å²) < 4.78 is 5.41. The molecule has 0 aliphatic carbocycles. The third kappa shape index (κ3) is 4.57. The Labute approximate surface area is 106 Å². The van der Waals surface area contributed by atoms with Gasteiger partial charge in [-0.3, -0.25) is 0 Å². The quantitative estimate of drug-likeness (QED) is 0.701. The van der Waals surface area contributed by atoms with E-state index in [1.165, 1.54) is 58.5 Å². The van der Waals surface area contributed by atoms with Crippen molar-refractivity contribution < 1.29 is 4.74 Å². The van der Waals surface area contributed by atoms with E-state index in [1.54, 1.807) is 0 Å². The maximum atomic E-state index is 5.41. The van der Waals surface area contributed by atoms with Crippen molar-refractivity contribution in [2.24, 2.45) is 5.92 Å². The van der Waals surface area contributed by atoms with Crippen LogP contribution >= 0.6 is 0 Å². The van der Waals surface area contributed by atoms with Gasteiger partial charge in [-0.1, -0.05) is 6.92 Å². The molecule has 99 valence electrons. The molecule has 17 heavy (non-hydrogen) atoms. The average Bonchev–Trinajstić information content (AvgIpc) is 2.85. The first-order valence-corrected chi connectivity index (χ1v) is 7.20. The van der Waals surface area contributed by atoms with Gasteiger partial charge in [0, 0.05) is 39.4 Å². The fourth-order valence-electron chi connectivity index (χ4n) is 2.87. The van der Waals surface area contributed by atoms with Gasteiger partial charge in [0.05, 0.1) is 0 Å². The lowest BCUT2D eigenvalue weighted by Crippen LogP contribution is -2.46. The minimum atomic E-state index is 0.849. The van der Waals surface area contributed by atoms with E-state index in [4.69, 9.17) is 4.74 Å². The van der Waals surface area contributed by atoms with Crippen LogP contribution in [0.15, 0.2) is 0 Å². The van der Waals surface area contributed by atoms with E-state index in [9.17, 15) is 0 Å². The third-order valence-electron chi connectivity index (χ3n) is 4.05. The highest BCUT2D eigenvalue weighted by atomic mass is 16.5. The van der Waals surface area contributed by atoms with Gasteiger partial charge >= 0.3 is 0 Å². The molecule has 2 saturated heterocycles. The number of hydrogen-bond acceptors (Lipinski definition) is 3. The fourth-order valence-corrected chi connectivity index (χ4v) is 2.87. The average molecular weight is 239 g/mol. The molecule has 3 nitrogen and oxygen atoms in total. The van der Waals surface area contributed by atoms with Crippen molar-refractivity contribution in [2.45, 2.75) is 25.7 Å². The number of ether oxygens (including phenoxy) is 1. The Morgan fingerprint density at radius 2 is 1.76 bits per heavy atom. The molecule has 1 atom stereocenters. The van der Waals surface area contributed by atoms with Crippen LogP contribution in [-0.2, 0) is 4.74 Å². The largest absolute Gasteiger partial charge is 0.381 e. The first kappa shape index (κ1) is 13.3. The van der Waals surface area contributed by atoms with E-state index < -0.39 is 0 Å². The molecule has 3 heteroatoms. The van der Waals surface area contributed by atoms with Gasteiger partial charge in [-0.25, -0.2) is 0 Å². The Bertz CT molecular complexity index is 196. The van der Waals surface area contributed by atoms with E-state index in [0.29, 0.717) is 0 Å². The topological polar surface area (TPSA) is 15.7 Å². The molecule has 2 rings (SSSR count). The zero-order valence-corrected chi connectivity index (χ0v) is 11.1. The van der Waals surface area contributed by atoms with E-state index in [1.807, 2.05) is 0 Å². The van der Waals surface area contributed by atoms with E-state index >= 15 is 0 Å². The smallest absolute Gasteiger partial charge is 0.0495 e. The first-order valence-electron chi connectivity index (χ1n) is 7.20. The zero-order valence-electron chi connectivity index (χ0n) is 11.1. The summed E-state index contributed by atoms with van der Waals surface area (Å²) in [5.41, 5.74) is 0. The predicted octanol–water partition coefficient (Wildman–Crippen LogP) is 1.64. The molecule has 0 bridgehead atoms. The molecule has 1 unspecified atom stereocenters. The van der Waals surface area contributed by atoms with Crippen molar-refractivity contribution in [1.29, 1.82) is 0 Å². The normalized spacial score (nSPS) is 27.7. The minimum Gasteiger partial charge on any atom is -0.381 e. The Balaban J connectivity index is 1.52. The van der Waals surface area contributed by atoms with Crippen molar-refractivity contribution in [1.82, 2.24) is 9.80 Å². The number of nitrogens with zero attached hydrogens (tertiary/aromatic N) is 2. The van der Waals surface area contributed by atoms with Gasteiger partial charge in [0.25, 0.3) is 0 Å². The highest BCUT2D eigenvalue weighted by molar-refractivity contribution is 4.73. The van der Waals surface area contributed by atoms with Gasteiger partial charge < -0.3 is 14.5 Å². The molecule has 2 heterocycles. The lowest BCUT2D eigenvalue weighted by atomic mass is 10.0. The van der Waals surface area contributed by atoms with Crippen LogP contribution in [0.3, 0.4) is 0 Å². The molecule has 2 aliphatic rings. The molecule has 1 radical (unpaired) electrons. The zero-order chi connectivity index (χ0) is 11.9. The van der Waals surface area contributed by atoms with E-state index in [-0.39, 0.29) is 0 Å². The number of rotatable bonds is 6. The van der Waals surface area contributed by atoms with Gasteiger partial charge in [-0.15, -0.1) is 0 Å². The summed E-state index contributed by atoms with van der Waals surface area (Å²) >= 11 is 0. The van der Waals surface area contributed by atoms with Crippen LogP contribution in [0, 0.1) is 12.8 Å².